The van der Waals surface area contributed by atoms with E-state index in [2.05, 4.69) is 0 Å². The molecule has 0 bridgehead atoms. The summed E-state index contributed by atoms with van der Waals surface area (Å²) in [5, 5.41) is 11.3. The summed E-state index contributed by atoms with van der Waals surface area (Å²) in [6.45, 7) is 4.39. The van der Waals surface area contributed by atoms with Gasteiger partial charge in [-0.25, -0.2) is 0 Å². The van der Waals surface area contributed by atoms with Crippen molar-refractivity contribution in [2.45, 2.75) is 26.4 Å². The first kappa shape index (κ1) is 24.9. The molecule has 4 rings (SSSR count). The zero-order chi connectivity index (χ0) is 25.8. The molecule has 0 saturated carbocycles. The molecule has 1 aliphatic rings. The predicted molar refractivity (Wildman–Crippen MR) is 136 cm³/mol. The van der Waals surface area contributed by atoms with Crippen LogP contribution in [0.15, 0.2) is 72.3 Å². The Kier molecular flexibility index (Phi) is 7.29. The number of benzene rings is 3. The lowest BCUT2D eigenvalue weighted by atomic mass is 9.94. The Labute approximate surface area is 210 Å². The number of carbonyl (C=O) groups excluding carboxylic acids is 2. The summed E-state index contributed by atoms with van der Waals surface area (Å²) in [5.41, 5.74) is 2.68. The number of likely N-dealkylation sites (tertiary alicyclic amines) is 1. The second-order valence-electron chi connectivity index (χ2n) is 8.43. The van der Waals surface area contributed by atoms with Gasteiger partial charge in [0.1, 0.15) is 23.0 Å². The van der Waals surface area contributed by atoms with Crippen LogP contribution < -0.4 is 14.2 Å². The van der Waals surface area contributed by atoms with Crippen molar-refractivity contribution in [3.8, 4) is 17.2 Å². The molecule has 7 nitrogen and oxygen atoms in total. The van der Waals surface area contributed by atoms with Gasteiger partial charge in [0.25, 0.3) is 11.7 Å². The molecule has 3 aromatic carbocycles. The summed E-state index contributed by atoms with van der Waals surface area (Å²) < 4.78 is 16.3. The monoisotopic (exact) mass is 487 g/mol. The molecule has 36 heavy (non-hydrogen) atoms. The SMILES string of the molecule is CCOc1ccc(C2/C(=C(/O)c3ccc(OC)c(C)c3)C(=O)C(=O)N2Cc2ccccc2OC)cc1. The number of hydrogen-bond acceptors (Lipinski definition) is 6. The molecule has 1 saturated heterocycles. The van der Waals surface area contributed by atoms with Gasteiger partial charge in [-0.15, -0.1) is 0 Å². The quantitative estimate of drug-likeness (QED) is 0.272. The van der Waals surface area contributed by atoms with Gasteiger partial charge in [0, 0.05) is 11.1 Å². The van der Waals surface area contributed by atoms with Crippen LogP contribution in [0.2, 0.25) is 0 Å². The fourth-order valence-electron chi connectivity index (χ4n) is 4.50. The molecular weight excluding hydrogens is 458 g/mol. The number of hydrogen-bond donors (Lipinski definition) is 1. The number of para-hydroxylation sites is 1. The third kappa shape index (κ3) is 4.64. The van der Waals surface area contributed by atoms with Crippen molar-refractivity contribution in [1.82, 2.24) is 4.90 Å². The molecule has 3 aromatic rings. The number of aliphatic hydroxyl groups excluding tert-OH is 1. The standard InChI is InChI=1S/C29H29NO6/c1-5-36-22-13-10-19(11-14-22)26-25(27(31)20-12-15-23(34-3)18(2)16-20)28(32)29(33)30(26)17-21-8-6-7-9-24(21)35-4/h6-16,26,31H,5,17H2,1-4H3/b27-25-. The van der Waals surface area contributed by atoms with Gasteiger partial charge in [-0.05, 0) is 61.4 Å². The minimum absolute atomic E-state index is 0.0311. The van der Waals surface area contributed by atoms with E-state index >= 15 is 0 Å². The third-order valence-corrected chi connectivity index (χ3v) is 6.25. The highest BCUT2D eigenvalue weighted by Crippen LogP contribution is 2.41. The number of aliphatic hydroxyl groups is 1. The number of carbonyl (C=O) groups is 2. The van der Waals surface area contributed by atoms with E-state index in [-0.39, 0.29) is 17.9 Å². The smallest absolute Gasteiger partial charge is 0.295 e. The van der Waals surface area contributed by atoms with Gasteiger partial charge in [0.2, 0.25) is 0 Å². The van der Waals surface area contributed by atoms with Crippen molar-refractivity contribution in [3.05, 3.63) is 94.6 Å². The second-order valence-corrected chi connectivity index (χ2v) is 8.43. The molecule has 1 aliphatic heterocycles. The Morgan fingerprint density at radius 2 is 1.64 bits per heavy atom. The van der Waals surface area contributed by atoms with E-state index in [1.165, 1.54) is 4.90 Å². The topological polar surface area (TPSA) is 85.3 Å². The van der Waals surface area contributed by atoms with Crippen LogP contribution in [-0.4, -0.2) is 42.5 Å². The first-order valence-corrected chi connectivity index (χ1v) is 11.7. The zero-order valence-corrected chi connectivity index (χ0v) is 20.8. The molecule has 0 aromatic heterocycles. The van der Waals surface area contributed by atoms with Crippen LogP contribution in [0.4, 0.5) is 0 Å². The lowest BCUT2D eigenvalue weighted by Crippen LogP contribution is -2.29. The van der Waals surface area contributed by atoms with Crippen molar-refractivity contribution in [3.63, 3.8) is 0 Å². The molecule has 1 atom stereocenters. The van der Waals surface area contributed by atoms with Gasteiger partial charge in [0.15, 0.2) is 0 Å². The lowest BCUT2D eigenvalue weighted by Gasteiger charge is -2.26. The van der Waals surface area contributed by atoms with E-state index < -0.39 is 17.7 Å². The lowest BCUT2D eigenvalue weighted by molar-refractivity contribution is -0.140. The van der Waals surface area contributed by atoms with Crippen LogP contribution >= 0.6 is 0 Å². The molecule has 1 amide bonds. The van der Waals surface area contributed by atoms with Crippen molar-refractivity contribution < 1.29 is 28.9 Å². The molecule has 1 N–H and O–H groups in total. The normalized spacial score (nSPS) is 16.8. The van der Waals surface area contributed by atoms with Crippen LogP contribution in [0.1, 0.15) is 35.2 Å². The number of amides is 1. The van der Waals surface area contributed by atoms with Crippen LogP contribution in [0, 0.1) is 6.92 Å². The molecular formula is C29H29NO6. The maximum absolute atomic E-state index is 13.3. The summed E-state index contributed by atoms with van der Waals surface area (Å²) in [6.07, 6.45) is 0. The maximum atomic E-state index is 13.3. The summed E-state index contributed by atoms with van der Waals surface area (Å²) in [5.74, 6) is 0.275. The molecule has 0 spiro atoms. The first-order chi connectivity index (χ1) is 17.4. The number of nitrogens with zero attached hydrogens (tertiary/aromatic N) is 1. The summed E-state index contributed by atoms with van der Waals surface area (Å²) in [6, 6.07) is 18.9. The van der Waals surface area contributed by atoms with E-state index in [1.54, 1.807) is 50.6 Å². The third-order valence-electron chi connectivity index (χ3n) is 6.25. The predicted octanol–water partition coefficient (Wildman–Crippen LogP) is 5.03. The van der Waals surface area contributed by atoms with Crippen molar-refractivity contribution in [2.24, 2.45) is 0 Å². The Morgan fingerprint density at radius 1 is 0.944 bits per heavy atom. The molecule has 0 aliphatic carbocycles. The van der Waals surface area contributed by atoms with Gasteiger partial charge >= 0.3 is 0 Å². The number of ketones is 1. The Morgan fingerprint density at radius 3 is 2.28 bits per heavy atom. The number of rotatable bonds is 8. The van der Waals surface area contributed by atoms with Gasteiger partial charge in [-0.1, -0.05) is 30.3 Å². The van der Waals surface area contributed by atoms with Crippen LogP contribution in [-0.2, 0) is 16.1 Å². The Hall–Kier alpha value is -4.26. The minimum atomic E-state index is -0.798. The number of ether oxygens (including phenoxy) is 3. The first-order valence-electron chi connectivity index (χ1n) is 11.7. The zero-order valence-electron chi connectivity index (χ0n) is 20.8. The Balaban J connectivity index is 1.85. The molecule has 1 heterocycles. The summed E-state index contributed by atoms with van der Waals surface area (Å²) in [4.78, 5) is 28.1. The summed E-state index contributed by atoms with van der Waals surface area (Å²) >= 11 is 0. The highest BCUT2D eigenvalue weighted by Gasteiger charge is 2.46. The summed E-state index contributed by atoms with van der Waals surface area (Å²) in [7, 11) is 3.13. The van der Waals surface area contributed by atoms with Crippen LogP contribution in [0.5, 0.6) is 17.2 Å². The molecule has 0 radical (unpaired) electrons. The average Bonchev–Trinajstić information content (AvgIpc) is 3.14. The molecule has 186 valence electrons. The minimum Gasteiger partial charge on any atom is -0.507 e. The van der Waals surface area contributed by atoms with Crippen molar-refractivity contribution >= 4 is 17.4 Å². The van der Waals surface area contributed by atoms with E-state index in [1.807, 2.05) is 44.2 Å². The van der Waals surface area contributed by atoms with Gasteiger partial charge in [0.05, 0.1) is 39.0 Å². The van der Waals surface area contributed by atoms with Gasteiger partial charge in [-0.2, -0.15) is 0 Å². The highest BCUT2D eigenvalue weighted by atomic mass is 16.5. The Bertz CT molecular complexity index is 1310. The van der Waals surface area contributed by atoms with E-state index in [4.69, 9.17) is 14.2 Å². The molecule has 1 fully saturated rings. The van der Waals surface area contributed by atoms with Crippen molar-refractivity contribution in [1.29, 1.82) is 0 Å². The maximum Gasteiger partial charge on any atom is 0.295 e. The molecule has 1 unspecified atom stereocenters. The van der Waals surface area contributed by atoms with E-state index in [0.717, 1.165) is 11.1 Å². The van der Waals surface area contributed by atoms with Gasteiger partial charge in [-0.3, -0.25) is 9.59 Å². The number of methoxy groups -OCH3 is 2. The fourth-order valence-corrected chi connectivity index (χ4v) is 4.50. The van der Waals surface area contributed by atoms with E-state index in [0.29, 0.717) is 35.0 Å². The second kappa shape index (κ2) is 10.6. The average molecular weight is 488 g/mol. The van der Waals surface area contributed by atoms with Crippen LogP contribution in [0.3, 0.4) is 0 Å². The van der Waals surface area contributed by atoms with Crippen LogP contribution in [0.25, 0.3) is 5.76 Å². The molecule has 7 heteroatoms. The largest absolute Gasteiger partial charge is 0.507 e. The number of aryl methyl sites for hydroxylation is 1. The van der Waals surface area contributed by atoms with E-state index in [9.17, 15) is 14.7 Å². The fraction of sp³-hybridized carbons (Fsp3) is 0.241. The number of Topliss-reactive ketones (excluding diaryl/α,β-unsaturated/α-hetero) is 1. The highest BCUT2D eigenvalue weighted by molar-refractivity contribution is 6.46. The van der Waals surface area contributed by atoms with Gasteiger partial charge < -0.3 is 24.2 Å². The van der Waals surface area contributed by atoms with Crippen molar-refractivity contribution in [2.75, 3.05) is 20.8 Å².